The Bertz CT molecular complexity index is 887. The maximum absolute atomic E-state index is 11.9. The van der Waals surface area contributed by atoms with Crippen molar-refractivity contribution in [1.29, 1.82) is 0 Å². The van der Waals surface area contributed by atoms with Crippen molar-refractivity contribution in [3.63, 3.8) is 0 Å². The average molecular weight is 355 g/mol. The zero-order chi connectivity index (χ0) is 17.8. The van der Waals surface area contributed by atoms with E-state index in [1.165, 1.54) is 0 Å². The van der Waals surface area contributed by atoms with Crippen LogP contribution in [0.1, 0.15) is 38.6 Å². The maximum atomic E-state index is 11.9. The molecule has 2 heterocycles. The van der Waals surface area contributed by atoms with Gasteiger partial charge in [0, 0.05) is 23.3 Å². The molecule has 0 unspecified atom stereocenters. The Labute approximate surface area is 151 Å². The molecule has 3 rings (SSSR count). The number of primary amides is 1. The summed E-state index contributed by atoms with van der Waals surface area (Å²) in [5.41, 5.74) is 10.5. The van der Waals surface area contributed by atoms with Crippen LogP contribution in [-0.4, -0.2) is 21.1 Å². The smallest absolute Gasteiger partial charge is 0.252 e. The number of aryl methyl sites for hydroxylation is 3. The van der Waals surface area contributed by atoms with Gasteiger partial charge in [0.05, 0.1) is 17.0 Å². The molecule has 0 fully saturated rings. The third kappa shape index (κ3) is 4.25. The number of hydrogen-bond acceptors (Lipinski definition) is 3. The van der Waals surface area contributed by atoms with Crippen LogP contribution in [0, 0.1) is 6.92 Å². The number of rotatable bonds is 6. The fourth-order valence-corrected chi connectivity index (χ4v) is 2.99. The van der Waals surface area contributed by atoms with Crippen molar-refractivity contribution in [1.82, 2.24) is 15.2 Å². The molecule has 0 aliphatic carbocycles. The minimum Gasteiger partial charge on any atom is -0.365 e. The van der Waals surface area contributed by atoms with Gasteiger partial charge in [-0.2, -0.15) is 5.10 Å². The third-order valence-corrected chi connectivity index (χ3v) is 4.29. The second kappa shape index (κ2) is 7.49. The molecule has 0 saturated carbocycles. The van der Waals surface area contributed by atoms with E-state index >= 15 is 0 Å². The number of aromatic amines is 1. The normalized spacial score (nSPS) is 10.8. The summed E-state index contributed by atoms with van der Waals surface area (Å²) >= 11 is 6.02. The van der Waals surface area contributed by atoms with Gasteiger partial charge in [-0.15, -0.1) is 0 Å². The van der Waals surface area contributed by atoms with Gasteiger partial charge in [0.25, 0.3) is 5.91 Å². The Balaban J connectivity index is 1.79. The van der Waals surface area contributed by atoms with Crippen molar-refractivity contribution in [2.45, 2.75) is 26.2 Å². The van der Waals surface area contributed by atoms with E-state index in [0.29, 0.717) is 34.8 Å². The number of nitrogens with one attached hydrogen (secondary N) is 1. The number of nitrogens with two attached hydrogens (primary N) is 1. The van der Waals surface area contributed by atoms with Crippen molar-refractivity contribution in [3.8, 4) is 0 Å². The Morgan fingerprint density at radius 2 is 2.04 bits per heavy atom. The highest BCUT2D eigenvalue weighted by atomic mass is 35.5. The number of carbonyl (C=O) groups is 1. The Hall–Kier alpha value is -2.66. The first-order valence-corrected chi connectivity index (χ1v) is 8.42. The van der Waals surface area contributed by atoms with Crippen molar-refractivity contribution < 1.29 is 4.79 Å². The van der Waals surface area contributed by atoms with Crippen LogP contribution in [-0.2, 0) is 19.3 Å². The van der Waals surface area contributed by atoms with Gasteiger partial charge in [-0.3, -0.25) is 14.9 Å². The summed E-state index contributed by atoms with van der Waals surface area (Å²) in [5, 5.41) is 7.93. The molecular formula is C19H19ClN4O. The van der Waals surface area contributed by atoms with Gasteiger partial charge in [0.2, 0.25) is 0 Å². The Morgan fingerprint density at radius 1 is 1.20 bits per heavy atom. The van der Waals surface area contributed by atoms with E-state index in [1.54, 1.807) is 0 Å². The molecule has 25 heavy (non-hydrogen) atoms. The van der Waals surface area contributed by atoms with Crippen molar-refractivity contribution in [3.05, 3.63) is 81.4 Å². The van der Waals surface area contributed by atoms with Gasteiger partial charge >= 0.3 is 0 Å². The second-order valence-electron chi connectivity index (χ2n) is 6.00. The zero-order valence-corrected chi connectivity index (χ0v) is 14.7. The number of hydrogen-bond donors (Lipinski definition) is 2. The van der Waals surface area contributed by atoms with Crippen LogP contribution >= 0.6 is 11.6 Å². The van der Waals surface area contributed by atoms with Crippen molar-refractivity contribution >= 4 is 17.5 Å². The largest absolute Gasteiger partial charge is 0.365 e. The Kier molecular flexibility index (Phi) is 5.14. The lowest BCUT2D eigenvalue weighted by atomic mass is 10.0. The Morgan fingerprint density at radius 3 is 2.72 bits per heavy atom. The number of benzene rings is 1. The van der Waals surface area contributed by atoms with Crippen LogP contribution in [0.15, 0.2) is 42.6 Å². The molecule has 3 N–H and O–H groups in total. The van der Waals surface area contributed by atoms with Gasteiger partial charge < -0.3 is 5.73 Å². The highest BCUT2D eigenvalue weighted by Crippen LogP contribution is 2.19. The molecule has 0 atom stereocenters. The van der Waals surface area contributed by atoms with Gasteiger partial charge in [-0.1, -0.05) is 29.8 Å². The first-order valence-electron chi connectivity index (χ1n) is 8.05. The minimum absolute atomic E-state index is 0.470. The maximum Gasteiger partial charge on any atom is 0.252 e. The first kappa shape index (κ1) is 17.2. The van der Waals surface area contributed by atoms with Gasteiger partial charge in [-0.05, 0) is 49.1 Å². The lowest BCUT2D eigenvalue weighted by molar-refractivity contribution is 0.0998. The number of amides is 1. The molecule has 6 heteroatoms. The molecule has 0 aliphatic rings. The highest BCUT2D eigenvalue weighted by molar-refractivity contribution is 6.30. The molecule has 0 radical (unpaired) electrons. The monoisotopic (exact) mass is 354 g/mol. The molecule has 5 nitrogen and oxygen atoms in total. The SMILES string of the molecule is Cc1ccc(CCc2n[nH]c(Cc3cccc(Cl)c3)c2C(N)=O)cn1. The molecule has 0 spiro atoms. The van der Waals surface area contributed by atoms with E-state index in [-0.39, 0.29) is 0 Å². The summed E-state index contributed by atoms with van der Waals surface area (Å²) in [4.78, 5) is 16.2. The van der Waals surface area contributed by atoms with Crippen LogP contribution in [0.4, 0.5) is 0 Å². The molecule has 1 amide bonds. The predicted octanol–water partition coefficient (Wildman–Crippen LogP) is 3.24. The van der Waals surface area contributed by atoms with Crippen molar-refractivity contribution in [2.75, 3.05) is 0 Å². The molecule has 1 aromatic carbocycles. The van der Waals surface area contributed by atoms with Crippen LogP contribution in [0.25, 0.3) is 0 Å². The lowest BCUT2D eigenvalue weighted by Gasteiger charge is -2.04. The van der Waals surface area contributed by atoms with E-state index in [4.69, 9.17) is 17.3 Å². The van der Waals surface area contributed by atoms with Crippen LogP contribution in [0.5, 0.6) is 0 Å². The highest BCUT2D eigenvalue weighted by Gasteiger charge is 2.18. The first-order chi connectivity index (χ1) is 12.0. The van der Waals surface area contributed by atoms with Gasteiger partial charge in [-0.25, -0.2) is 0 Å². The quantitative estimate of drug-likeness (QED) is 0.712. The number of pyridine rings is 1. The lowest BCUT2D eigenvalue weighted by Crippen LogP contribution is -2.15. The number of aromatic nitrogens is 3. The van der Waals surface area contributed by atoms with Crippen LogP contribution in [0.3, 0.4) is 0 Å². The molecule has 0 bridgehead atoms. The number of nitrogens with zero attached hydrogens (tertiary/aromatic N) is 2. The summed E-state index contributed by atoms with van der Waals surface area (Å²) in [6, 6.07) is 11.5. The fourth-order valence-electron chi connectivity index (χ4n) is 2.78. The van der Waals surface area contributed by atoms with E-state index in [0.717, 1.165) is 23.2 Å². The summed E-state index contributed by atoms with van der Waals surface area (Å²) in [7, 11) is 0. The van der Waals surface area contributed by atoms with Gasteiger partial charge in [0.1, 0.15) is 0 Å². The summed E-state index contributed by atoms with van der Waals surface area (Å²) in [6.45, 7) is 1.95. The van der Waals surface area contributed by atoms with E-state index in [1.807, 2.05) is 49.5 Å². The third-order valence-electron chi connectivity index (χ3n) is 4.06. The zero-order valence-electron chi connectivity index (χ0n) is 13.9. The molecular weight excluding hydrogens is 336 g/mol. The summed E-state index contributed by atoms with van der Waals surface area (Å²) in [5.74, 6) is -0.470. The van der Waals surface area contributed by atoms with Crippen LogP contribution in [0.2, 0.25) is 5.02 Å². The minimum atomic E-state index is -0.470. The molecule has 0 aliphatic heterocycles. The van der Waals surface area contributed by atoms with E-state index in [9.17, 15) is 4.79 Å². The van der Waals surface area contributed by atoms with E-state index < -0.39 is 5.91 Å². The summed E-state index contributed by atoms with van der Waals surface area (Å²) in [6.07, 6.45) is 3.74. The second-order valence-corrected chi connectivity index (χ2v) is 6.44. The molecule has 3 aromatic rings. The topological polar surface area (TPSA) is 84.7 Å². The van der Waals surface area contributed by atoms with Crippen LogP contribution < -0.4 is 5.73 Å². The average Bonchev–Trinajstić information content (AvgIpc) is 2.97. The predicted molar refractivity (Wildman–Crippen MR) is 97.7 cm³/mol. The summed E-state index contributed by atoms with van der Waals surface area (Å²) < 4.78 is 0. The molecule has 128 valence electrons. The standard InChI is InChI=1S/C19H19ClN4O/c1-12-5-6-13(11-22-12)7-8-16-18(19(21)25)17(24-23-16)10-14-3-2-4-15(20)9-14/h2-6,9,11H,7-8,10H2,1H3,(H2,21,25)(H,23,24). The number of H-pyrrole nitrogens is 1. The molecule has 2 aromatic heterocycles. The van der Waals surface area contributed by atoms with E-state index in [2.05, 4.69) is 15.2 Å². The van der Waals surface area contributed by atoms with Crippen molar-refractivity contribution in [2.24, 2.45) is 5.73 Å². The number of halogens is 1. The molecule has 0 saturated heterocycles. The number of carbonyl (C=O) groups excluding carboxylic acids is 1. The van der Waals surface area contributed by atoms with Gasteiger partial charge in [0.15, 0.2) is 0 Å². The fraction of sp³-hybridized carbons (Fsp3) is 0.211.